The van der Waals surface area contributed by atoms with Crippen LogP contribution < -0.4 is 21.3 Å². The highest BCUT2D eigenvalue weighted by Gasteiger charge is 2.16. The number of carbonyl (C=O) groups excluding carboxylic acids is 4. The van der Waals surface area contributed by atoms with Gasteiger partial charge in [-0.2, -0.15) is 0 Å². The zero-order chi connectivity index (χ0) is 75.3. The first kappa shape index (κ1) is 76.9. The van der Waals surface area contributed by atoms with Gasteiger partial charge >= 0.3 is 0 Å². The number of aromatic nitrogens is 8. The van der Waals surface area contributed by atoms with E-state index in [-0.39, 0.29) is 56.5 Å². The summed E-state index contributed by atoms with van der Waals surface area (Å²) in [4.78, 5) is 84.6. The Hall–Kier alpha value is -12.7. The van der Waals surface area contributed by atoms with Crippen LogP contribution in [0.5, 0.6) is 0 Å². The van der Waals surface area contributed by atoms with Gasteiger partial charge in [0.05, 0.1) is 110 Å². The Bertz CT molecular complexity index is 5080. The molecule has 0 aliphatic carbocycles. The molecule has 0 radical (unpaired) electrons. The highest BCUT2D eigenvalue weighted by Crippen LogP contribution is 2.26. The number of fused-ring (bicyclic) bond motifs is 1. The summed E-state index contributed by atoms with van der Waals surface area (Å²) < 4.78 is 0. The molecule has 0 saturated heterocycles. The van der Waals surface area contributed by atoms with Crippen molar-refractivity contribution in [1.82, 2.24) is 39.9 Å². The Kier molecular flexibility index (Phi) is 28.2. The van der Waals surface area contributed by atoms with Crippen LogP contribution in [0.25, 0.3) is 55.8 Å². The van der Waals surface area contributed by atoms with Crippen LogP contribution in [0.4, 0.5) is 23.3 Å². The summed E-state index contributed by atoms with van der Waals surface area (Å²) in [6.07, 6.45) is 10.4. The number of carbonyl (C=O) groups is 4. The number of nitrogens with one attached hydrogen (secondary N) is 4. The highest BCUT2D eigenvalue weighted by molar-refractivity contribution is 5.94. The van der Waals surface area contributed by atoms with Gasteiger partial charge in [-0.1, -0.05) is 231 Å². The lowest BCUT2D eigenvalue weighted by Gasteiger charge is -2.09. The molecule has 9 aromatic carbocycles. The van der Waals surface area contributed by atoms with E-state index in [1.54, 1.807) is 24.8 Å². The number of rotatable bonds is 23. The molecule has 4 amide bonds. The van der Waals surface area contributed by atoms with Gasteiger partial charge in [-0.05, 0) is 102 Å². The second kappa shape index (κ2) is 39.2. The zero-order valence-electron chi connectivity index (χ0n) is 60.0. The van der Waals surface area contributed by atoms with E-state index >= 15 is 0 Å². The highest BCUT2D eigenvalue weighted by atomic mass is 16.3. The van der Waals surface area contributed by atoms with Gasteiger partial charge in [-0.25, -0.2) is 39.9 Å². The molecule has 0 saturated carbocycles. The number of aliphatic hydroxyl groups is 4. The van der Waals surface area contributed by atoms with Crippen molar-refractivity contribution in [2.75, 3.05) is 21.3 Å². The Balaban J connectivity index is 0.000000153. The van der Waals surface area contributed by atoms with Crippen molar-refractivity contribution >= 4 is 57.7 Å². The molecule has 0 bridgehead atoms. The Morgan fingerprint density at radius 1 is 0.290 bits per heavy atom. The molecule has 20 heteroatoms. The molecule has 4 heterocycles. The van der Waals surface area contributed by atoms with Crippen LogP contribution in [0, 0.1) is 27.7 Å². The molecule has 0 unspecified atom stereocenters. The minimum Gasteiger partial charge on any atom is -0.392 e. The monoisotopic (exact) mass is 1420 g/mol. The van der Waals surface area contributed by atoms with Crippen molar-refractivity contribution in [3.8, 4) is 45.0 Å². The molecular formula is C87H84N12O8. The lowest BCUT2D eigenvalue weighted by Crippen LogP contribution is -2.16. The summed E-state index contributed by atoms with van der Waals surface area (Å²) in [7, 11) is 0. The molecule has 0 fully saturated rings. The molecule has 8 N–H and O–H groups in total. The van der Waals surface area contributed by atoms with Gasteiger partial charge in [0.25, 0.3) is 0 Å². The maximum atomic E-state index is 12.5. The van der Waals surface area contributed by atoms with E-state index in [9.17, 15) is 19.2 Å². The second-order valence-corrected chi connectivity index (χ2v) is 25.2. The van der Waals surface area contributed by atoms with Gasteiger partial charge in [0.1, 0.15) is 0 Å². The molecule has 13 aromatic rings. The molecule has 0 spiro atoms. The maximum absolute atomic E-state index is 12.5. The number of aliphatic hydroxyl groups excluding tert-OH is 4. The van der Waals surface area contributed by atoms with E-state index in [4.69, 9.17) is 20.4 Å². The number of amides is 4. The van der Waals surface area contributed by atoms with Crippen LogP contribution in [0.3, 0.4) is 0 Å². The number of hydrogen-bond acceptors (Lipinski definition) is 16. The van der Waals surface area contributed by atoms with E-state index in [0.717, 1.165) is 108 Å². The molecule has 0 aliphatic rings. The van der Waals surface area contributed by atoms with Crippen molar-refractivity contribution in [3.05, 3.63) is 323 Å². The van der Waals surface area contributed by atoms with E-state index in [2.05, 4.69) is 79.3 Å². The van der Waals surface area contributed by atoms with Gasteiger partial charge in [0.2, 0.25) is 23.6 Å². The normalized spacial score (nSPS) is 10.6. The van der Waals surface area contributed by atoms with Crippen LogP contribution in [0.1, 0.15) is 86.5 Å². The second-order valence-electron chi connectivity index (χ2n) is 25.2. The fourth-order valence-corrected chi connectivity index (χ4v) is 11.2. The third-order valence-electron chi connectivity index (χ3n) is 17.1. The minimum atomic E-state index is -0.127. The third kappa shape index (κ3) is 23.4. The average Bonchev–Trinajstić information content (AvgIpc) is 0.849. The number of benzene rings is 9. The largest absolute Gasteiger partial charge is 0.392 e. The number of aryl methyl sites for hydroxylation is 6. The van der Waals surface area contributed by atoms with Crippen LogP contribution in [-0.4, -0.2) is 83.9 Å². The summed E-state index contributed by atoms with van der Waals surface area (Å²) >= 11 is 0. The van der Waals surface area contributed by atoms with Crippen LogP contribution in [0.2, 0.25) is 0 Å². The summed E-state index contributed by atoms with van der Waals surface area (Å²) in [5, 5.41) is 50.1. The summed E-state index contributed by atoms with van der Waals surface area (Å²) in [5.74, 6) is 1.54. The lowest BCUT2D eigenvalue weighted by molar-refractivity contribution is -0.117. The first-order valence-electron chi connectivity index (χ1n) is 35.0. The van der Waals surface area contributed by atoms with Crippen LogP contribution in [-0.2, 0) is 71.3 Å². The molecule has 4 aromatic heterocycles. The summed E-state index contributed by atoms with van der Waals surface area (Å²) in [6.45, 7) is 7.34. The molecule has 20 nitrogen and oxygen atoms in total. The predicted octanol–water partition coefficient (Wildman–Crippen LogP) is 14.8. The zero-order valence-corrected chi connectivity index (χ0v) is 60.0. The van der Waals surface area contributed by atoms with Crippen LogP contribution >= 0.6 is 0 Å². The van der Waals surface area contributed by atoms with E-state index in [0.29, 0.717) is 71.7 Å². The summed E-state index contributed by atoms with van der Waals surface area (Å²) in [6, 6.07) is 73.7. The fraction of sp³-hybridized carbons (Fsp3) is 0.172. The van der Waals surface area contributed by atoms with Gasteiger partial charge in [0.15, 0.2) is 23.3 Å². The predicted molar refractivity (Wildman–Crippen MR) is 419 cm³/mol. The first-order chi connectivity index (χ1) is 52.1. The topological polar surface area (TPSA) is 300 Å². The quantitative estimate of drug-likeness (QED) is 0.0295. The Morgan fingerprint density at radius 2 is 0.579 bits per heavy atom. The molecular weight excluding hydrogens is 1340 g/mol. The van der Waals surface area contributed by atoms with Gasteiger partial charge in [-0.3, -0.25) is 19.2 Å². The SMILES string of the molecule is Cc1nc(-c2ccc(CO)cc2)cnc1NC(=O)CCCc1ccccc1.Cc1nc(-c2ccc(CO)cc2)cnc1NC(=O)CCc1ccccc1.Cc1nc(-c2ccc(CO)cc2)cnc1NC(=O)Cc1ccc2ccccc2c1.Cc1nc(-c2ccc(CO)cc2)cnc1NC(=O)Cc1ccccc1. The van der Waals surface area contributed by atoms with Gasteiger partial charge in [0, 0.05) is 35.1 Å². The van der Waals surface area contributed by atoms with Crippen LogP contribution in [0.15, 0.2) is 255 Å². The van der Waals surface area contributed by atoms with Gasteiger partial charge < -0.3 is 41.7 Å². The molecule has 107 heavy (non-hydrogen) atoms. The smallest absolute Gasteiger partial charge is 0.229 e. The van der Waals surface area contributed by atoms with E-state index < -0.39 is 0 Å². The number of hydrogen-bond donors (Lipinski definition) is 8. The van der Waals surface area contributed by atoms with Crippen molar-refractivity contribution in [2.24, 2.45) is 0 Å². The maximum Gasteiger partial charge on any atom is 0.229 e. The van der Waals surface area contributed by atoms with Crippen molar-refractivity contribution in [2.45, 2.75) is 99.1 Å². The minimum absolute atomic E-state index is 0.00711. The van der Waals surface area contributed by atoms with Crippen molar-refractivity contribution in [1.29, 1.82) is 0 Å². The van der Waals surface area contributed by atoms with Gasteiger partial charge in [-0.15, -0.1) is 0 Å². The summed E-state index contributed by atoms with van der Waals surface area (Å²) in [5.41, 5.74) is 16.9. The fourth-order valence-electron chi connectivity index (χ4n) is 11.2. The Morgan fingerprint density at radius 3 is 0.925 bits per heavy atom. The first-order valence-corrected chi connectivity index (χ1v) is 35.0. The Labute approximate surface area is 621 Å². The van der Waals surface area contributed by atoms with Crippen molar-refractivity contribution in [3.63, 3.8) is 0 Å². The standard InChI is InChI=1S/C24H21N3O2.C22H23N3O2.C21H21N3O2.C20H19N3O2/c1-16-24(25-14-22(26-16)20-10-6-17(15-28)7-11-20)27-23(29)13-18-8-9-19-4-2-3-5-21(19)12-18;1-16-22(25-21(27)9-5-8-17-6-3-2-4-7-17)23-14-20(24-16)19-12-10-18(15-26)11-13-19;1-15-21(24-20(26)12-9-16-5-3-2-4-6-16)22-13-19(23-15)18-10-7-17(14-25)8-11-18;1-14-20(23-19(25)11-15-5-3-2-4-6-15)21-12-18(22-14)17-9-7-16(13-24)8-10-17/h2-12,14,28H,13,15H2,1H3,(H,25,27,29);2-4,6-7,10-14,26H,5,8-9,15H2,1H3,(H,23,25,27);2-8,10-11,13,25H,9,12,14H2,1H3,(H,22,24,26);2-10,12,24H,11,13H2,1H3,(H,21,23,25). The average molecular weight is 1430 g/mol. The van der Waals surface area contributed by atoms with Crippen molar-refractivity contribution < 1.29 is 39.6 Å². The molecule has 0 aliphatic heterocycles. The number of anilines is 4. The van der Waals surface area contributed by atoms with E-state index in [1.807, 2.05) is 240 Å². The molecule has 540 valence electrons. The third-order valence-corrected chi connectivity index (χ3v) is 17.1. The molecule has 0 atom stereocenters. The lowest BCUT2D eigenvalue weighted by atomic mass is 10.0. The van der Waals surface area contributed by atoms with E-state index in [1.165, 1.54) is 5.56 Å². The molecule has 13 rings (SSSR count). The number of nitrogens with zero attached hydrogens (tertiary/aromatic N) is 8.